The van der Waals surface area contributed by atoms with Crippen molar-refractivity contribution in [1.82, 2.24) is 9.88 Å². The number of rotatable bonds is 3. The molecule has 4 nitrogen and oxygen atoms in total. The molecule has 4 heteroatoms. The molecule has 20 heavy (non-hydrogen) atoms. The number of hydrogen-bond donors (Lipinski definition) is 1. The third-order valence-corrected chi connectivity index (χ3v) is 4.37. The first-order chi connectivity index (χ1) is 9.61. The first-order valence-electron chi connectivity index (χ1n) is 7.47. The van der Waals surface area contributed by atoms with Gasteiger partial charge in [0.2, 0.25) is 5.89 Å². The van der Waals surface area contributed by atoms with Gasteiger partial charge >= 0.3 is 0 Å². The molecule has 0 spiro atoms. The lowest BCUT2D eigenvalue weighted by Crippen LogP contribution is -2.35. The second-order valence-electron chi connectivity index (χ2n) is 6.18. The zero-order valence-corrected chi connectivity index (χ0v) is 12.3. The van der Waals surface area contributed by atoms with Crippen molar-refractivity contribution in [3.05, 3.63) is 24.1 Å². The van der Waals surface area contributed by atoms with Crippen molar-refractivity contribution in [3.8, 4) is 0 Å². The fraction of sp³-hybridized carbons (Fsp3) is 0.562. The van der Waals surface area contributed by atoms with Gasteiger partial charge in [0, 0.05) is 11.7 Å². The van der Waals surface area contributed by atoms with Gasteiger partial charge in [-0.3, -0.25) is 4.90 Å². The third kappa shape index (κ3) is 2.80. The summed E-state index contributed by atoms with van der Waals surface area (Å²) < 4.78 is 5.80. The Hall–Kier alpha value is -1.55. The standard InChI is InChI=1S/C16H23N3O/c1-11-4-3-5-13(8-11)19(2)10-16-18-14-9-12(17)6-7-15(14)20-16/h6-7,9,11,13H,3-5,8,10,17H2,1-2H3. The first-order valence-corrected chi connectivity index (χ1v) is 7.47. The van der Waals surface area contributed by atoms with Crippen molar-refractivity contribution in [2.75, 3.05) is 12.8 Å². The van der Waals surface area contributed by atoms with Gasteiger partial charge in [0.25, 0.3) is 0 Å². The van der Waals surface area contributed by atoms with Gasteiger partial charge < -0.3 is 10.2 Å². The molecule has 2 unspecified atom stereocenters. The van der Waals surface area contributed by atoms with Crippen LogP contribution < -0.4 is 5.73 Å². The summed E-state index contributed by atoms with van der Waals surface area (Å²) in [5.41, 5.74) is 8.17. The maximum absolute atomic E-state index is 5.80. The van der Waals surface area contributed by atoms with E-state index in [2.05, 4.69) is 23.9 Å². The Balaban J connectivity index is 1.72. The topological polar surface area (TPSA) is 55.3 Å². The molecule has 2 N–H and O–H groups in total. The Labute approximate surface area is 120 Å². The summed E-state index contributed by atoms with van der Waals surface area (Å²) in [6.45, 7) is 3.12. The number of anilines is 1. The van der Waals surface area contributed by atoms with E-state index in [1.165, 1.54) is 25.7 Å². The average Bonchev–Trinajstić information content (AvgIpc) is 2.80. The summed E-state index contributed by atoms with van der Waals surface area (Å²) in [5, 5.41) is 0. The smallest absolute Gasteiger partial charge is 0.209 e. The fourth-order valence-corrected chi connectivity index (χ4v) is 3.20. The van der Waals surface area contributed by atoms with Crippen LogP contribution in [0.3, 0.4) is 0 Å². The van der Waals surface area contributed by atoms with Gasteiger partial charge in [-0.1, -0.05) is 19.8 Å². The quantitative estimate of drug-likeness (QED) is 0.871. The van der Waals surface area contributed by atoms with Crippen LogP contribution in [-0.2, 0) is 6.54 Å². The number of hydrogen-bond acceptors (Lipinski definition) is 4. The van der Waals surface area contributed by atoms with E-state index in [-0.39, 0.29) is 0 Å². The summed E-state index contributed by atoms with van der Waals surface area (Å²) in [4.78, 5) is 6.92. The largest absolute Gasteiger partial charge is 0.439 e. The van der Waals surface area contributed by atoms with Crippen molar-refractivity contribution < 1.29 is 4.42 Å². The van der Waals surface area contributed by atoms with Gasteiger partial charge in [-0.25, -0.2) is 4.98 Å². The predicted molar refractivity (Wildman–Crippen MR) is 81.3 cm³/mol. The van der Waals surface area contributed by atoms with E-state index in [4.69, 9.17) is 10.2 Å². The van der Waals surface area contributed by atoms with Crippen LogP contribution in [0.25, 0.3) is 11.1 Å². The molecule has 0 saturated heterocycles. The lowest BCUT2D eigenvalue weighted by Gasteiger charge is -2.33. The van der Waals surface area contributed by atoms with Crippen LogP contribution in [0, 0.1) is 5.92 Å². The van der Waals surface area contributed by atoms with Gasteiger partial charge in [-0.2, -0.15) is 0 Å². The average molecular weight is 273 g/mol. The van der Waals surface area contributed by atoms with E-state index in [1.807, 2.05) is 18.2 Å². The molecule has 1 aromatic heterocycles. The highest BCUT2D eigenvalue weighted by atomic mass is 16.3. The molecule has 1 fully saturated rings. The fourth-order valence-electron chi connectivity index (χ4n) is 3.20. The number of nitrogen functional groups attached to an aromatic ring is 1. The maximum atomic E-state index is 5.80. The van der Waals surface area contributed by atoms with Crippen molar-refractivity contribution in [2.24, 2.45) is 5.92 Å². The summed E-state index contributed by atoms with van der Waals surface area (Å²) in [7, 11) is 2.17. The monoisotopic (exact) mass is 273 g/mol. The molecule has 2 atom stereocenters. The Morgan fingerprint density at radius 1 is 1.40 bits per heavy atom. The van der Waals surface area contributed by atoms with E-state index in [1.54, 1.807) is 0 Å². The zero-order valence-electron chi connectivity index (χ0n) is 12.3. The summed E-state index contributed by atoms with van der Waals surface area (Å²) in [5.74, 6) is 1.62. The lowest BCUT2D eigenvalue weighted by molar-refractivity contribution is 0.147. The number of benzene rings is 1. The van der Waals surface area contributed by atoms with Crippen LogP contribution in [0.4, 0.5) is 5.69 Å². The Bertz CT molecular complexity index is 592. The summed E-state index contributed by atoms with van der Waals surface area (Å²) in [6, 6.07) is 6.26. The molecular formula is C16H23N3O. The molecule has 0 radical (unpaired) electrons. The van der Waals surface area contributed by atoms with Crippen LogP contribution in [0.15, 0.2) is 22.6 Å². The van der Waals surface area contributed by atoms with Crippen molar-refractivity contribution in [2.45, 2.75) is 45.2 Å². The molecule has 1 heterocycles. The highest BCUT2D eigenvalue weighted by Crippen LogP contribution is 2.28. The molecule has 108 valence electrons. The first kappa shape index (κ1) is 13.4. The second kappa shape index (κ2) is 5.44. The van der Waals surface area contributed by atoms with E-state index in [0.29, 0.717) is 6.04 Å². The predicted octanol–water partition coefficient (Wildman–Crippen LogP) is 3.42. The molecule has 1 aliphatic rings. The molecule has 2 aromatic rings. The Kier molecular flexibility index (Phi) is 3.66. The Morgan fingerprint density at radius 2 is 2.25 bits per heavy atom. The highest BCUT2D eigenvalue weighted by molar-refractivity contribution is 5.76. The zero-order chi connectivity index (χ0) is 14.1. The van der Waals surface area contributed by atoms with Crippen LogP contribution in [-0.4, -0.2) is 23.0 Å². The minimum atomic E-state index is 0.652. The molecule has 1 aromatic carbocycles. The minimum absolute atomic E-state index is 0.652. The number of nitrogens with zero attached hydrogens (tertiary/aromatic N) is 2. The van der Waals surface area contributed by atoms with E-state index in [0.717, 1.165) is 35.1 Å². The van der Waals surface area contributed by atoms with Crippen LogP contribution in [0.5, 0.6) is 0 Å². The maximum Gasteiger partial charge on any atom is 0.209 e. The third-order valence-electron chi connectivity index (χ3n) is 4.37. The molecule has 0 bridgehead atoms. The lowest BCUT2D eigenvalue weighted by atomic mass is 9.86. The van der Waals surface area contributed by atoms with Crippen molar-refractivity contribution in [1.29, 1.82) is 0 Å². The van der Waals surface area contributed by atoms with Gasteiger partial charge in [0.15, 0.2) is 5.58 Å². The summed E-state index contributed by atoms with van der Waals surface area (Å²) in [6.07, 6.45) is 5.27. The van der Waals surface area contributed by atoms with E-state index >= 15 is 0 Å². The van der Waals surface area contributed by atoms with Gasteiger partial charge in [0.05, 0.1) is 6.54 Å². The van der Waals surface area contributed by atoms with E-state index in [9.17, 15) is 0 Å². The molecule has 0 amide bonds. The second-order valence-corrected chi connectivity index (χ2v) is 6.18. The number of nitrogens with two attached hydrogens (primary N) is 1. The highest BCUT2D eigenvalue weighted by Gasteiger charge is 2.23. The van der Waals surface area contributed by atoms with Crippen LogP contribution in [0.2, 0.25) is 0 Å². The normalized spacial score (nSPS) is 23.6. The summed E-state index contributed by atoms with van der Waals surface area (Å²) >= 11 is 0. The van der Waals surface area contributed by atoms with Gasteiger partial charge in [0.1, 0.15) is 5.52 Å². The number of aromatic nitrogens is 1. The molecule has 3 rings (SSSR count). The molecule has 0 aliphatic heterocycles. The van der Waals surface area contributed by atoms with Gasteiger partial charge in [-0.15, -0.1) is 0 Å². The van der Waals surface area contributed by atoms with Crippen LogP contribution >= 0.6 is 0 Å². The Morgan fingerprint density at radius 3 is 3.05 bits per heavy atom. The minimum Gasteiger partial charge on any atom is -0.439 e. The molecule has 1 aliphatic carbocycles. The SMILES string of the molecule is CC1CCCC(N(C)Cc2nc3cc(N)ccc3o2)C1. The van der Waals surface area contributed by atoms with Crippen molar-refractivity contribution >= 4 is 16.8 Å². The van der Waals surface area contributed by atoms with Gasteiger partial charge in [-0.05, 0) is 44.0 Å². The van der Waals surface area contributed by atoms with E-state index < -0.39 is 0 Å². The molecule has 1 saturated carbocycles. The van der Waals surface area contributed by atoms with Crippen LogP contribution in [0.1, 0.15) is 38.5 Å². The number of fused-ring (bicyclic) bond motifs is 1. The number of oxazole rings is 1. The molecular weight excluding hydrogens is 250 g/mol. The van der Waals surface area contributed by atoms with Crippen molar-refractivity contribution in [3.63, 3.8) is 0 Å².